The van der Waals surface area contributed by atoms with Gasteiger partial charge in [0, 0.05) is 12.4 Å². The number of aromatic hydroxyl groups is 1. The lowest BCUT2D eigenvalue weighted by molar-refractivity contribution is 0.0954. The number of nitrogens with zero attached hydrogens (tertiary/aromatic N) is 2. The van der Waals surface area contributed by atoms with Crippen molar-refractivity contribution in [2.45, 2.75) is 0 Å². The van der Waals surface area contributed by atoms with E-state index in [0.717, 1.165) is 6.21 Å². The Morgan fingerprint density at radius 3 is 2.95 bits per heavy atom. The maximum Gasteiger partial charge on any atom is 0.272 e. The molecular weight excluding hydrogens is 282 g/mol. The van der Waals surface area contributed by atoms with E-state index in [1.807, 2.05) is 0 Å². The molecule has 0 saturated heterocycles. The van der Waals surface area contributed by atoms with Crippen molar-refractivity contribution in [2.24, 2.45) is 5.10 Å². The highest BCUT2D eigenvalue weighted by atomic mass is 32.1. The van der Waals surface area contributed by atoms with E-state index in [1.165, 1.54) is 12.4 Å². The topological polar surface area (TPSA) is 123 Å². The van der Waals surface area contributed by atoms with Gasteiger partial charge in [-0.2, -0.15) is 5.10 Å². The fourth-order valence-electron chi connectivity index (χ4n) is 1.32. The second kappa shape index (κ2) is 5.89. The molecule has 20 heavy (non-hydrogen) atoms. The van der Waals surface area contributed by atoms with Gasteiger partial charge in [0.15, 0.2) is 4.77 Å². The monoisotopic (exact) mass is 291 g/mol. The molecule has 2 aromatic heterocycles. The first-order chi connectivity index (χ1) is 9.58. The number of hydrogen-bond acceptors (Lipinski definition) is 6. The van der Waals surface area contributed by atoms with Crippen LogP contribution in [0.1, 0.15) is 15.9 Å². The molecule has 9 heteroatoms. The van der Waals surface area contributed by atoms with Crippen LogP contribution in [-0.4, -0.2) is 32.2 Å². The molecule has 0 aliphatic rings. The number of nitrogens with one attached hydrogen (secondary N) is 3. The molecule has 0 bridgehead atoms. The Hall–Kier alpha value is -2.81. The Morgan fingerprint density at radius 2 is 2.30 bits per heavy atom. The second-order valence-corrected chi connectivity index (χ2v) is 4.02. The first kappa shape index (κ1) is 13.6. The van der Waals surface area contributed by atoms with E-state index in [0.29, 0.717) is 5.56 Å². The zero-order valence-electron chi connectivity index (χ0n) is 9.95. The number of hydrogen-bond donors (Lipinski definition) is 4. The highest BCUT2D eigenvalue weighted by molar-refractivity contribution is 7.71. The van der Waals surface area contributed by atoms with Crippen LogP contribution in [0, 0.1) is 4.77 Å². The molecule has 2 aromatic rings. The van der Waals surface area contributed by atoms with Gasteiger partial charge in [-0.15, -0.1) is 0 Å². The Labute approximate surface area is 117 Å². The average molecular weight is 291 g/mol. The van der Waals surface area contributed by atoms with Crippen molar-refractivity contribution < 1.29 is 9.90 Å². The lowest BCUT2D eigenvalue weighted by Crippen LogP contribution is -2.19. The van der Waals surface area contributed by atoms with E-state index in [-0.39, 0.29) is 10.3 Å². The van der Waals surface area contributed by atoms with E-state index in [1.54, 1.807) is 12.1 Å². The third-order valence-corrected chi connectivity index (χ3v) is 2.45. The summed E-state index contributed by atoms with van der Waals surface area (Å²) < 4.78 is -0.0101. The third-order valence-electron chi connectivity index (χ3n) is 2.24. The van der Waals surface area contributed by atoms with Crippen molar-refractivity contribution in [1.29, 1.82) is 0 Å². The van der Waals surface area contributed by atoms with Gasteiger partial charge in [-0.05, 0) is 24.4 Å². The van der Waals surface area contributed by atoms with Crippen molar-refractivity contribution in [3.8, 4) is 5.88 Å². The molecule has 0 aliphatic carbocycles. The van der Waals surface area contributed by atoms with Crippen LogP contribution in [-0.2, 0) is 0 Å². The van der Waals surface area contributed by atoms with Crippen molar-refractivity contribution in [3.63, 3.8) is 0 Å². The van der Waals surface area contributed by atoms with Crippen LogP contribution >= 0.6 is 12.2 Å². The van der Waals surface area contributed by atoms with Crippen LogP contribution in [0.5, 0.6) is 5.88 Å². The smallest absolute Gasteiger partial charge is 0.272 e. The lowest BCUT2D eigenvalue weighted by atomic mass is 10.3. The van der Waals surface area contributed by atoms with Gasteiger partial charge in [0.2, 0.25) is 5.88 Å². The van der Waals surface area contributed by atoms with E-state index in [9.17, 15) is 14.7 Å². The highest BCUT2D eigenvalue weighted by Gasteiger charge is 2.06. The summed E-state index contributed by atoms with van der Waals surface area (Å²) in [5.74, 6) is -0.924. The molecule has 0 atom stereocenters. The lowest BCUT2D eigenvalue weighted by Gasteiger charge is -1.99. The van der Waals surface area contributed by atoms with Crippen molar-refractivity contribution in [3.05, 3.63) is 50.8 Å². The fraction of sp³-hybridized carbons (Fsp3) is 0. The van der Waals surface area contributed by atoms with Gasteiger partial charge in [-0.3, -0.25) is 19.6 Å². The summed E-state index contributed by atoms with van der Waals surface area (Å²) in [6.45, 7) is 0. The Kier molecular flexibility index (Phi) is 4.01. The number of hydrazone groups is 1. The summed E-state index contributed by atoms with van der Waals surface area (Å²) >= 11 is 4.67. The Morgan fingerprint density at radius 1 is 1.50 bits per heavy atom. The van der Waals surface area contributed by atoms with Gasteiger partial charge in [0.1, 0.15) is 5.56 Å². The second-order valence-electron chi connectivity index (χ2n) is 3.61. The standard InChI is InChI=1S/C11H9N5O3S/c17-8(6-2-1-3-12-4-6)16-13-5-7-9(18)14-11(20)15-10(7)19/h1-5H,(H,16,17)(H3,14,15,18,19,20)/b13-5+. The highest BCUT2D eigenvalue weighted by Crippen LogP contribution is 2.03. The van der Waals surface area contributed by atoms with Gasteiger partial charge < -0.3 is 10.1 Å². The minimum Gasteiger partial charge on any atom is -0.494 e. The number of carbonyl (C=O) groups excluding carboxylic acids is 1. The summed E-state index contributed by atoms with van der Waals surface area (Å²) in [5.41, 5.74) is 1.75. The molecule has 0 saturated carbocycles. The SMILES string of the molecule is O=C(N/N=C/c1c(O)[nH]c(=S)[nH]c1=O)c1cccnc1. The quantitative estimate of drug-likeness (QED) is 0.368. The number of aromatic amines is 2. The third kappa shape index (κ3) is 3.14. The van der Waals surface area contributed by atoms with Crippen molar-refractivity contribution in [2.75, 3.05) is 0 Å². The molecule has 0 aromatic carbocycles. The summed E-state index contributed by atoms with van der Waals surface area (Å²) in [4.78, 5) is 31.5. The molecule has 2 heterocycles. The van der Waals surface area contributed by atoms with Gasteiger partial charge in [0.05, 0.1) is 11.8 Å². The van der Waals surface area contributed by atoms with E-state index < -0.39 is 17.3 Å². The number of aromatic nitrogens is 3. The number of pyridine rings is 1. The van der Waals surface area contributed by atoms with Gasteiger partial charge in [-0.1, -0.05) is 0 Å². The van der Waals surface area contributed by atoms with Crippen LogP contribution < -0.4 is 11.0 Å². The van der Waals surface area contributed by atoms with E-state index in [4.69, 9.17) is 0 Å². The summed E-state index contributed by atoms with van der Waals surface area (Å²) in [6, 6.07) is 3.16. The number of rotatable bonds is 3. The van der Waals surface area contributed by atoms with Crippen molar-refractivity contribution in [1.82, 2.24) is 20.4 Å². The van der Waals surface area contributed by atoms with E-state index in [2.05, 4.69) is 37.7 Å². The zero-order chi connectivity index (χ0) is 14.5. The minimum absolute atomic E-state index is 0.0101. The summed E-state index contributed by atoms with van der Waals surface area (Å²) in [7, 11) is 0. The molecule has 1 amide bonds. The summed E-state index contributed by atoms with van der Waals surface area (Å²) in [6.07, 6.45) is 3.91. The molecule has 0 aliphatic heterocycles. The Balaban J connectivity index is 2.14. The molecule has 0 radical (unpaired) electrons. The number of amides is 1. The molecule has 2 rings (SSSR count). The summed E-state index contributed by atoms with van der Waals surface area (Å²) in [5, 5.41) is 13.1. The van der Waals surface area contributed by atoms with Crippen LogP contribution in [0.15, 0.2) is 34.4 Å². The first-order valence-electron chi connectivity index (χ1n) is 5.37. The average Bonchev–Trinajstić information content (AvgIpc) is 2.42. The van der Waals surface area contributed by atoms with Crippen LogP contribution in [0.4, 0.5) is 0 Å². The predicted octanol–water partition coefficient (Wildman–Crippen LogP) is 0.297. The maximum absolute atomic E-state index is 11.6. The van der Waals surface area contributed by atoms with Gasteiger partial charge in [0.25, 0.3) is 11.5 Å². The van der Waals surface area contributed by atoms with Crippen LogP contribution in [0.25, 0.3) is 0 Å². The van der Waals surface area contributed by atoms with Crippen LogP contribution in [0.3, 0.4) is 0 Å². The maximum atomic E-state index is 11.6. The predicted molar refractivity (Wildman–Crippen MR) is 73.2 cm³/mol. The molecule has 4 N–H and O–H groups in total. The normalized spacial score (nSPS) is 10.6. The van der Waals surface area contributed by atoms with Gasteiger partial charge in [-0.25, -0.2) is 5.43 Å². The molecular formula is C11H9N5O3S. The van der Waals surface area contributed by atoms with E-state index >= 15 is 0 Å². The molecule has 102 valence electrons. The molecule has 8 nitrogen and oxygen atoms in total. The number of H-pyrrole nitrogens is 2. The first-order valence-corrected chi connectivity index (χ1v) is 5.78. The molecule has 0 unspecified atom stereocenters. The van der Waals surface area contributed by atoms with Gasteiger partial charge >= 0.3 is 0 Å². The zero-order valence-corrected chi connectivity index (χ0v) is 10.8. The Bertz CT molecular complexity index is 766. The molecule has 0 fully saturated rings. The molecule has 0 spiro atoms. The fourth-order valence-corrected chi connectivity index (χ4v) is 1.51. The number of carbonyl (C=O) groups is 1. The largest absolute Gasteiger partial charge is 0.494 e. The minimum atomic E-state index is -0.620. The van der Waals surface area contributed by atoms with Crippen LogP contribution in [0.2, 0.25) is 0 Å². The van der Waals surface area contributed by atoms with Crippen molar-refractivity contribution >= 4 is 24.3 Å².